The van der Waals surface area contributed by atoms with Gasteiger partial charge in [0.05, 0.1) is 15.4 Å². The molecule has 6 nitrogen and oxygen atoms in total. The van der Waals surface area contributed by atoms with Gasteiger partial charge in [-0.1, -0.05) is 19.8 Å². The monoisotopic (exact) mass is 329 g/mol. The molecule has 1 atom stereocenters. The van der Waals surface area contributed by atoms with Crippen molar-refractivity contribution in [3.8, 4) is 0 Å². The molecule has 0 saturated carbocycles. The van der Waals surface area contributed by atoms with E-state index >= 15 is 0 Å². The second-order valence-electron chi connectivity index (χ2n) is 4.16. The molecule has 1 aromatic carbocycles. The molecule has 3 N–H and O–H groups in total. The second kappa shape index (κ2) is 7.20. The van der Waals surface area contributed by atoms with E-state index in [1.54, 1.807) is 6.07 Å². The summed E-state index contributed by atoms with van der Waals surface area (Å²) in [6.07, 6.45) is 2.43. The van der Waals surface area contributed by atoms with Crippen LogP contribution in [0.15, 0.2) is 22.7 Å². The third-order valence-corrected chi connectivity index (χ3v) is 3.29. The molecule has 0 aliphatic carbocycles. The van der Waals surface area contributed by atoms with E-state index in [1.807, 2.05) is 6.92 Å². The van der Waals surface area contributed by atoms with Crippen LogP contribution < -0.4 is 11.1 Å². The van der Waals surface area contributed by atoms with Crippen molar-refractivity contribution in [2.45, 2.75) is 32.2 Å². The Kier molecular flexibility index (Phi) is 5.91. The second-order valence-corrected chi connectivity index (χ2v) is 5.02. The molecular formula is C12H16BrN3O3. The summed E-state index contributed by atoms with van der Waals surface area (Å²) in [7, 11) is 0. The zero-order chi connectivity index (χ0) is 14.4. The maximum absolute atomic E-state index is 11.8. The molecule has 1 amide bonds. The van der Waals surface area contributed by atoms with Crippen molar-refractivity contribution in [1.29, 1.82) is 0 Å². The van der Waals surface area contributed by atoms with Crippen molar-refractivity contribution < 1.29 is 9.72 Å². The number of nitrogens with zero attached hydrogens (tertiary/aromatic N) is 1. The van der Waals surface area contributed by atoms with Crippen LogP contribution in [0.25, 0.3) is 0 Å². The fraction of sp³-hybridized carbons (Fsp3) is 0.417. The van der Waals surface area contributed by atoms with Crippen LogP contribution in [0.5, 0.6) is 0 Å². The number of nitro benzene ring substituents is 1. The molecular weight excluding hydrogens is 314 g/mol. The van der Waals surface area contributed by atoms with Crippen molar-refractivity contribution >= 4 is 33.2 Å². The molecule has 0 heterocycles. The van der Waals surface area contributed by atoms with Crippen LogP contribution in [0.1, 0.15) is 26.2 Å². The largest absolute Gasteiger partial charge is 0.324 e. The molecule has 0 fully saturated rings. The van der Waals surface area contributed by atoms with E-state index in [4.69, 9.17) is 5.73 Å². The van der Waals surface area contributed by atoms with Gasteiger partial charge in [0.25, 0.3) is 5.69 Å². The van der Waals surface area contributed by atoms with Gasteiger partial charge in [-0.25, -0.2) is 0 Å². The first-order chi connectivity index (χ1) is 8.95. The Hall–Kier alpha value is -1.47. The number of nitrogens with two attached hydrogens (primary N) is 1. The standard InChI is InChI=1S/C12H16BrN3O3/c1-2-3-4-10(14)12(17)15-8-5-6-9(13)11(7-8)16(18)19/h5-7,10H,2-4,14H2,1H3,(H,15,17). The van der Waals surface area contributed by atoms with E-state index in [2.05, 4.69) is 21.2 Å². The normalized spacial score (nSPS) is 11.9. The Morgan fingerprint density at radius 2 is 2.26 bits per heavy atom. The smallest absolute Gasteiger partial charge is 0.285 e. The lowest BCUT2D eigenvalue weighted by Gasteiger charge is -2.11. The Morgan fingerprint density at radius 1 is 1.58 bits per heavy atom. The number of nitro groups is 1. The highest BCUT2D eigenvalue weighted by Crippen LogP contribution is 2.27. The van der Waals surface area contributed by atoms with Gasteiger partial charge in [-0.3, -0.25) is 14.9 Å². The molecule has 104 valence electrons. The molecule has 7 heteroatoms. The molecule has 1 unspecified atom stereocenters. The Bertz CT molecular complexity index is 479. The van der Waals surface area contributed by atoms with E-state index in [1.165, 1.54) is 12.1 Å². The molecule has 1 aromatic rings. The van der Waals surface area contributed by atoms with Gasteiger partial charge in [-0.05, 0) is 34.5 Å². The number of carbonyl (C=O) groups excluding carboxylic acids is 1. The molecule has 0 saturated heterocycles. The third-order valence-electron chi connectivity index (χ3n) is 2.62. The van der Waals surface area contributed by atoms with Crippen molar-refractivity contribution in [3.05, 3.63) is 32.8 Å². The van der Waals surface area contributed by atoms with E-state index in [0.29, 0.717) is 16.6 Å². The lowest BCUT2D eigenvalue weighted by Crippen LogP contribution is -2.35. The predicted molar refractivity (Wildman–Crippen MR) is 76.9 cm³/mol. The van der Waals surface area contributed by atoms with Gasteiger partial charge in [0.1, 0.15) is 0 Å². The number of halogens is 1. The maximum Gasteiger partial charge on any atom is 0.285 e. The van der Waals surface area contributed by atoms with E-state index in [-0.39, 0.29) is 11.6 Å². The van der Waals surface area contributed by atoms with Crippen molar-refractivity contribution in [2.24, 2.45) is 5.73 Å². The highest BCUT2D eigenvalue weighted by Gasteiger charge is 2.16. The summed E-state index contributed by atoms with van der Waals surface area (Å²) in [5, 5.41) is 13.4. The van der Waals surface area contributed by atoms with Crippen LogP contribution >= 0.6 is 15.9 Å². The number of nitrogens with one attached hydrogen (secondary N) is 1. The Labute approximate surface area is 119 Å². The van der Waals surface area contributed by atoms with Gasteiger partial charge in [0.2, 0.25) is 5.91 Å². The van der Waals surface area contributed by atoms with Crippen LogP contribution in [0, 0.1) is 10.1 Å². The number of hydrogen-bond donors (Lipinski definition) is 2. The van der Waals surface area contributed by atoms with Crippen LogP contribution in [0.4, 0.5) is 11.4 Å². The summed E-state index contributed by atoms with van der Waals surface area (Å²) in [5.41, 5.74) is 5.99. The number of rotatable bonds is 6. The maximum atomic E-state index is 11.8. The minimum absolute atomic E-state index is 0.0973. The number of benzene rings is 1. The fourth-order valence-electron chi connectivity index (χ4n) is 1.52. The van der Waals surface area contributed by atoms with Gasteiger partial charge in [0, 0.05) is 11.8 Å². The topological polar surface area (TPSA) is 98.3 Å². The van der Waals surface area contributed by atoms with Crippen LogP contribution in [0.3, 0.4) is 0 Å². The number of anilines is 1. The van der Waals surface area contributed by atoms with Gasteiger partial charge >= 0.3 is 0 Å². The Morgan fingerprint density at radius 3 is 2.84 bits per heavy atom. The van der Waals surface area contributed by atoms with Crippen molar-refractivity contribution in [2.75, 3.05) is 5.32 Å². The summed E-state index contributed by atoms with van der Waals surface area (Å²) in [6, 6.07) is 3.81. The molecule has 0 aromatic heterocycles. The molecule has 19 heavy (non-hydrogen) atoms. The lowest BCUT2D eigenvalue weighted by atomic mass is 10.1. The molecule has 0 bridgehead atoms. The van der Waals surface area contributed by atoms with Crippen molar-refractivity contribution in [1.82, 2.24) is 0 Å². The van der Waals surface area contributed by atoms with E-state index in [0.717, 1.165) is 12.8 Å². The minimum Gasteiger partial charge on any atom is -0.324 e. The first kappa shape index (κ1) is 15.6. The van der Waals surface area contributed by atoms with Gasteiger partial charge in [0.15, 0.2) is 0 Å². The quantitative estimate of drug-likeness (QED) is 0.619. The van der Waals surface area contributed by atoms with Crippen LogP contribution in [-0.4, -0.2) is 16.9 Å². The number of unbranched alkanes of at least 4 members (excludes halogenated alkanes) is 1. The number of carbonyl (C=O) groups is 1. The van der Waals surface area contributed by atoms with Gasteiger partial charge in [-0.15, -0.1) is 0 Å². The molecule has 0 aliphatic heterocycles. The number of hydrogen-bond acceptors (Lipinski definition) is 4. The minimum atomic E-state index is -0.595. The van der Waals surface area contributed by atoms with Gasteiger partial charge < -0.3 is 11.1 Å². The first-order valence-corrected chi connectivity index (χ1v) is 6.75. The summed E-state index contributed by atoms with van der Waals surface area (Å²) in [4.78, 5) is 22.0. The van der Waals surface area contributed by atoms with Crippen LogP contribution in [0.2, 0.25) is 0 Å². The van der Waals surface area contributed by atoms with Gasteiger partial charge in [-0.2, -0.15) is 0 Å². The number of amides is 1. The highest BCUT2D eigenvalue weighted by atomic mass is 79.9. The average molecular weight is 330 g/mol. The Balaban J connectivity index is 2.74. The average Bonchev–Trinajstić information content (AvgIpc) is 2.37. The SMILES string of the molecule is CCCCC(N)C(=O)Nc1ccc(Br)c([N+](=O)[O-])c1. The molecule has 0 aliphatic rings. The fourth-order valence-corrected chi connectivity index (χ4v) is 1.91. The zero-order valence-electron chi connectivity index (χ0n) is 10.6. The lowest BCUT2D eigenvalue weighted by molar-refractivity contribution is -0.385. The predicted octanol–water partition coefficient (Wildman–Crippen LogP) is 2.81. The molecule has 1 rings (SSSR count). The first-order valence-electron chi connectivity index (χ1n) is 5.96. The summed E-state index contributed by atoms with van der Waals surface area (Å²) < 4.78 is 0.366. The zero-order valence-corrected chi connectivity index (χ0v) is 12.1. The summed E-state index contributed by atoms with van der Waals surface area (Å²) in [6.45, 7) is 2.02. The summed E-state index contributed by atoms with van der Waals surface area (Å²) >= 11 is 3.08. The highest BCUT2D eigenvalue weighted by molar-refractivity contribution is 9.10. The van der Waals surface area contributed by atoms with Crippen molar-refractivity contribution in [3.63, 3.8) is 0 Å². The van der Waals surface area contributed by atoms with E-state index in [9.17, 15) is 14.9 Å². The molecule has 0 spiro atoms. The third kappa shape index (κ3) is 4.60. The van der Waals surface area contributed by atoms with Crippen LogP contribution in [-0.2, 0) is 4.79 Å². The summed E-state index contributed by atoms with van der Waals surface area (Å²) in [5.74, 6) is -0.329. The van der Waals surface area contributed by atoms with E-state index < -0.39 is 11.0 Å². The molecule has 0 radical (unpaired) electrons.